The van der Waals surface area contributed by atoms with Crippen molar-refractivity contribution < 1.29 is 93.4 Å². The zero-order chi connectivity index (χ0) is 81.1. The number of nitrogens with one attached hydrogen (secondary N) is 3. The summed E-state index contributed by atoms with van der Waals surface area (Å²) in [4.78, 5) is 193. The molecule has 3 unspecified atom stereocenters. The number of alkyl halides is 6. The minimum absolute atomic E-state index is 0.0343. The molecule has 3 aliphatic heterocycles. The summed E-state index contributed by atoms with van der Waals surface area (Å²) in [6, 6.07) is -10.9. The minimum Gasteiger partial charge on any atom is -0.381 e. The molecule has 32 heteroatoms. The smallest absolute Gasteiger partial charge is 0.381 e. The maximum absolute atomic E-state index is 15.8. The molecule has 12 amide bonds. The molecule has 3 heterocycles. The van der Waals surface area contributed by atoms with Gasteiger partial charge in [-0.1, -0.05) is 72.5 Å². The Morgan fingerprint density at radius 1 is 0.651 bits per heavy atom. The third-order valence-electron chi connectivity index (χ3n) is 24.5. The number of carbonyl (C=O) groups excluding carboxylic acids is 12. The van der Waals surface area contributed by atoms with E-state index in [1.807, 2.05) is 13.8 Å². The monoisotopic (exact) mass is 1550 g/mol. The molecule has 7 aliphatic rings. The van der Waals surface area contributed by atoms with Crippen molar-refractivity contribution in [1.82, 2.24) is 60.0 Å². The molecular formula is C77H122F6N12O14. The third-order valence-corrected chi connectivity index (χ3v) is 24.5. The van der Waals surface area contributed by atoms with Crippen LogP contribution in [-0.4, -0.2) is 290 Å². The second-order valence-electron chi connectivity index (χ2n) is 33.1. The summed E-state index contributed by atoms with van der Waals surface area (Å²) in [7, 11) is 12.3. The largest absolute Gasteiger partial charge is 0.394 e. The number of methoxy groups -OCH3 is 1. The summed E-state index contributed by atoms with van der Waals surface area (Å²) in [5.41, 5.74) is -2.26. The van der Waals surface area contributed by atoms with Crippen molar-refractivity contribution in [2.45, 2.75) is 268 Å². The van der Waals surface area contributed by atoms with Crippen LogP contribution in [-0.2, 0) is 67.0 Å². The van der Waals surface area contributed by atoms with Crippen LogP contribution in [0.3, 0.4) is 0 Å². The molecule has 4 aliphatic carbocycles. The van der Waals surface area contributed by atoms with Gasteiger partial charge in [0.2, 0.25) is 70.9 Å². The van der Waals surface area contributed by atoms with E-state index in [-0.39, 0.29) is 122 Å². The number of fused-ring (bicyclic) bond motifs is 3. The number of rotatable bonds is 14. The molecule has 26 nitrogen and oxygen atoms in total. The molecule has 2 saturated heterocycles. The van der Waals surface area contributed by atoms with Gasteiger partial charge in [0.15, 0.2) is 0 Å². The molecule has 7 rings (SSSR count). The molecule has 616 valence electrons. The first kappa shape index (κ1) is 89.1. The average Bonchev–Trinajstić information content (AvgIpc) is 1.48. The van der Waals surface area contributed by atoms with Crippen LogP contribution in [0.15, 0.2) is 12.2 Å². The summed E-state index contributed by atoms with van der Waals surface area (Å²) in [6.45, 7) is 9.24. The normalized spacial score (nSPS) is 31.6. The van der Waals surface area contributed by atoms with E-state index >= 15 is 28.8 Å². The highest BCUT2D eigenvalue weighted by atomic mass is 19.4. The minimum atomic E-state index is -4.57. The van der Waals surface area contributed by atoms with Crippen molar-refractivity contribution in [3.8, 4) is 0 Å². The van der Waals surface area contributed by atoms with Crippen LogP contribution in [0.1, 0.15) is 189 Å². The number of hydrogen-bond acceptors (Lipinski definition) is 14. The van der Waals surface area contributed by atoms with E-state index in [0.717, 1.165) is 19.6 Å². The standard InChI is InChI=1S/C77H122F6N12O14/c1-16-24-54-65(99)85-63(46(4)17-2)71(105)89(10)43-62(98)91(12)55-27-20-19-23-36-94(70(55)104)58(37-47-28-32-50(33-29-47)76(78,79)80)69(103)88(9)42-60(96)84-53(35-31-48-30-34-52(77(81,82)83)59(38-48)108-15)67(101)95-41-51(109-18-3)39-56(95)66(100)86-75(44-74(5,6)45-75)73(107)93(14)64(49-25-21-22-26-49)72(106)92(13)57(68(102)87(7)8)40-61(97)90(54)11/h19-20,46-59,63-64H,16-18,21-45H2,1-15H3,(H,84,96)(H,85,99)(H,86,100)/b20-19-/t46-,47?,48?,50?,51+,52?,53-,54-,55-,56-,57-,58-,59?,63-,64-/m0/s1. The van der Waals surface area contributed by atoms with Gasteiger partial charge >= 0.3 is 12.4 Å². The van der Waals surface area contributed by atoms with Crippen LogP contribution in [0.4, 0.5) is 26.3 Å². The molecule has 0 aromatic rings. The number of amides is 12. The van der Waals surface area contributed by atoms with Crippen LogP contribution < -0.4 is 16.0 Å². The number of halogens is 6. The van der Waals surface area contributed by atoms with Crippen LogP contribution in [0.25, 0.3) is 0 Å². The van der Waals surface area contributed by atoms with Crippen molar-refractivity contribution in [3.05, 3.63) is 12.2 Å². The summed E-state index contributed by atoms with van der Waals surface area (Å²) in [5.74, 6) is -14.2. The number of hydrogen-bond donors (Lipinski definition) is 3. The highest BCUT2D eigenvalue weighted by molar-refractivity contribution is 6.01. The molecule has 0 radical (unpaired) electrons. The summed E-state index contributed by atoms with van der Waals surface area (Å²) in [5, 5.41) is 8.70. The van der Waals surface area contributed by atoms with Gasteiger partial charge in [-0.2, -0.15) is 26.3 Å². The Balaban J connectivity index is 1.34. The van der Waals surface area contributed by atoms with Gasteiger partial charge in [-0.05, 0) is 145 Å². The van der Waals surface area contributed by atoms with Gasteiger partial charge in [0.05, 0.1) is 43.6 Å². The second kappa shape index (κ2) is 37.9. The predicted molar refractivity (Wildman–Crippen MR) is 391 cm³/mol. The summed E-state index contributed by atoms with van der Waals surface area (Å²) in [6.07, 6.45) is -5.83. The Morgan fingerprint density at radius 3 is 1.86 bits per heavy atom. The Kier molecular flexibility index (Phi) is 31.0. The lowest BCUT2D eigenvalue weighted by atomic mass is 9.58. The molecule has 13 atom stereocenters. The van der Waals surface area contributed by atoms with E-state index in [1.54, 1.807) is 39.8 Å². The molecule has 3 N–H and O–H groups in total. The fraction of sp³-hybridized carbons (Fsp3) is 0.818. The molecule has 2 bridgehead atoms. The second-order valence-corrected chi connectivity index (χ2v) is 33.1. The topological polar surface area (TPSA) is 289 Å². The van der Waals surface area contributed by atoms with Gasteiger partial charge in [0.25, 0.3) is 0 Å². The van der Waals surface area contributed by atoms with Crippen molar-refractivity contribution in [3.63, 3.8) is 0 Å². The molecule has 6 fully saturated rings. The molecule has 0 aromatic heterocycles. The first-order chi connectivity index (χ1) is 51.0. The van der Waals surface area contributed by atoms with E-state index in [9.17, 15) is 55.1 Å². The SMILES string of the molecule is CCC[C@H]1C(=O)N[C@@H]([C@@H](C)CC)C(=O)N(C)CC(=O)N(C)[C@H]2C/C=C\CCN(C2=O)[C@@H](CC2CCC(C(F)(F)F)CC2)C(=O)N(C)CC(=O)N[C@@H](CCC2CCC(C(F)(F)F)C(OC)C2)C(=O)N2C[C@H](OCC)C[C@H]2C(=O)NC2(CC(C)(C)C2)C(=O)N(C)[C@@H](C2CCCC2)C(=O)N(C)[C@H](C(=O)N(C)C)CC(=O)N1C. The van der Waals surface area contributed by atoms with Crippen molar-refractivity contribution in [1.29, 1.82) is 0 Å². The van der Waals surface area contributed by atoms with E-state index in [1.165, 1.54) is 88.0 Å². The number of ether oxygens (including phenoxy) is 2. The maximum atomic E-state index is 15.8. The molecule has 1 spiro atoms. The Labute approximate surface area is 638 Å². The van der Waals surface area contributed by atoms with Gasteiger partial charge in [0.1, 0.15) is 53.9 Å². The fourth-order valence-corrected chi connectivity index (χ4v) is 18.1. The zero-order valence-corrected chi connectivity index (χ0v) is 66.7. The van der Waals surface area contributed by atoms with Gasteiger partial charge < -0.3 is 69.5 Å². The van der Waals surface area contributed by atoms with Gasteiger partial charge in [-0.3, -0.25) is 57.5 Å². The Morgan fingerprint density at radius 2 is 1.28 bits per heavy atom. The van der Waals surface area contributed by atoms with Gasteiger partial charge in [-0.25, -0.2) is 0 Å². The first-order valence-corrected chi connectivity index (χ1v) is 39.3. The molecule has 109 heavy (non-hydrogen) atoms. The predicted octanol–water partition coefficient (Wildman–Crippen LogP) is 6.47. The van der Waals surface area contributed by atoms with E-state index in [0.29, 0.717) is 38.5 Å². The van der Waals surface area contributed by atoms with E-state index < -0.39 is 210 Å². The van der Waals surface area contributed by atoms with Crippen LogP contribution in [0, 0.1) is 40.9 Å². The van der Waals surface area contributed by atoms with Crippen LogP contribution in [0.2, 0.25) is 0 Å². The van der Waals surface area contributed by atoms with E-state index in [4.69, 9.17) is 9.47 Å². The van der Waals surface area contributed by atoms with Crippen molar-refractivity contribution >= 4 is 70.9 Å². The zero-order valence-electron chi connectivity index (χ0n) is 66.7. The number of likely N-dealkylation sites (N-methyl/N-ethyl adjacent to an activating group) is 7. The van der Waals surface area contributed by atoms with Crippen LogP contribution >= 0.6 is 0 Å². The molecule has 4 saturated carbocycles. The Hall–Kier alpha value is -7.12. The van der Waals surface area contributed by atoms with Crippen molar-refractivity contribution in [2.75, 3.05) is 96.3 Å². The third kappa shape index (κ3) is 21.8. The maximum Gasteiger partial charge on any atom is 0.394 e. The summed E-state index contributed by atoms with van der Waals surface area (Å²) >= 11 is 0. The average molecular weight is 1550 g/mol. The van der Waals surface area contributed by atoms with Gasteiger partial charge in [0, 0.05) is 89.6 Å². The number of carbonyl (C=O) groups is 12. The van der Waals surface area contributed by atoms with Crippen LogP contribution in [0.5, 0.6) is 0 Å². The highest BCUT2D eigenvalue weighted by Crippen LogP contribution is 2.50. The fourth-order valence-electron chi connectivity index (χ4n) is 18.1. The molecule has 0 aromatic carbocycles. The number of nitrogens with zero attached hydrogens (tertiary/aromatic N) is 9. The van der Waals surface area contributed by atoms with E-state index in [2.05, 4.69) is 16.0 Å². The Bertz CT molecular complexity index is 3260. The quantitative estimate of drug-likeness (QED) is 0.124. The van der Waals surface area contributed by atoms with Gasteiger partial charge in [-0.15, -0.1) is 0 Å². The lowest BCUT2D eigenvalue weighted by Crippen LogP contribution is -2.71. The first-order valence-electron chi connectivity index (χ1n) is 39.3. The highest BCUT2D eigenvalue weighted by Gasteiger charge is 2.60. The lowest BCUT2D eigenvalue weighted by Gasteiger charge is -2.54. The summed E-state index contributed by atoms with van der Waals surface area (Å²) < 4.78 is 97.0. The molecular weight excluding hydrogens is 1430 g/mol. The lowest BCUT2D eigenvalue weighted by molar-refractivity contribution is -0.215. The van der Waals surface area contributed by atoms with Crippen molar-refractivity contribution in [2.24, 2.45) is 40.9 Å².